The van der Waals surface area contributed by atoms with Gasteiger partial charge in [-0.3, -0.25) is 10.1 Å². The number of benzene rings is 1. The summed E-state index contributed by atoms with van der Waals surface area (Å²) in [6.45, 7) is 4.12. The van der Waals surface area contributed by atoms with Crippen molar-refractivity contribution in [2.75, 3.05) is 12.4 Å². The van der Waals surface area contributed by atoms with Gasteiger partial charge in [-0.2, -0.15) is 0 Å². The van der Waals surface area contributed by atoms with Crippen molar-refractivity contribution in [2.24, 2.45) is 11.1 Å². The van der Waals surface area contributed by atoms with Crippen molar-refractivity contribution in [1.82, 2.24) is 10.2 Å². The molecule has 1 aromatic carbocycles. The first-order valence-corrected chi connectivity index (χ1v) is 9.41. The van der Waals surface area contributed by atoms with Crippen LogP contribution in [0.4, 0.5) is 5.13 Å². The number of hydrogen-bond donors (Lipinski definition) is 2. The summed E-state index contributed by atoms with van der Waals surface area (Å²) in [5.41, 5.74) is 0.0460. The van der Waals surface area contributed by atoms with Gasteiger partial charge in [-0.25, -0.2) is 13.6 Å². The zero-order chi connectivity index (χ0) is 17.9. The lowest BCUT2D eigenvalue weighted by atomic mass is 10.1. The molecular formula is C14H18N4O4S2. The lowest BCUT2D eigenvalue weighted by Crippen LogP contribution is -2.16. The van der Waals surface area contributed by atoms with Gasteiger partial charge in [0.15, 0.2) is 0 Å². The molecule has 0 aliphatic heterocycles. The fourth-order valence-electron chi connectivity index (χ4n) is 1.94. The molecular weight excluding hydrogens is 352 g/mol. The van der Waals surface area contributed by atoms with Crippen LogP contribution in [0.2, 0.25) is 0 Å². The first kappa shape index (κ1) is 18.3. The van der Waals surface area contributed by atoms with Crippen LogP contribution in [0.1, 0.15) is 29.2 Å². The number of nitrogens with zero attached hydrogens (tertiary/aromatic N) is 2. The Morgan fingerprint density at radius 3 is 2.67 bits per heavy atom. The molecule has 24 heavy (non-hydrogen) atoms. The molecule has 1 heterocycles. The van der Waals surface area contributed by atoms with Gasteiger partial charge in [-0.1, -0.05) is 25.2 Å². The molecule has 1 amide bonds. The number of primary sulfonamides is 1. The zero-order valence-corrected chi connectivity index (χ0v) is 15.1. The van der Waals surface area contributed by atoms with Crippen LogP contribution in [0.3, 0.4) is 0 Å². The predicted molar refractivity (Wildman–Crippen MR) is 90.8 cm³/mol. The van der Waals surface area contributed by atoms with Crippen LogP contribution in [0.5, 0.6) is 5.75 Å². The van der Waals surface area contributed by atoms with E-state index in [1.54, 1.807) is 0 Å². The second kappa shape index (κ2) is 7.24. The van der Waals surface area contributed by atoms with E-state index in [0.717, 1.165) is 11.4 Å². The molecule has 8 nitrogen and oxygen atoms in total. The van der Waals surface area contributed by atoms with Crippen LogP contribution in [-0.4, -0.2) is 31.6 Å². The number of amides is 1. The SMILES string of the molecule is COc1ccc(S(N)(=O)=O)cc1C(=O)Nc1nnc(CC(C)C)s1. The van der Waals surface area contributed by atoms with Crippen molar-refractivity contribution >= 4 is 32.4 Å². The van der Waals surface area contributed by atoms with Gasteiger partial charge in [0.05, 0.1) is 17.6 Å². The molecule has 0 saturated heterocycles. The quantitative estimate of drug-likeness (QED) is 0.796. The Bertz CT molecular complexity index is 846. The van der Waals surface area contributed by atoms with E-state index in [9.17, 15) is 13.2 Å². The minimum Gasteiger partial charge on any atom is -0.496 e. The predicted octanol–water partition coefficient (Wildman–Crippen LogP) is 1.64. The molecule has 130 valence electrons. The van der Waals surface area contributed by atoms with Crippen molar-refractivity contribution in [3.8, 4) is 5.75 Å². The number of ether oxygens (including phenoxy) is 1. The molecule has 2 rings (SSSR count). The summed E-state index contributed by atoms with van der Waals surface area (Å²) in [7, 11) is -2.54. The lowest BCUT2D eigenvalue weighted by molar-refractivity contribution is 0.102. The summed E-state index contributed by atoms with van der Waals surface area (Å²) in [4.78, 5) is 12.2. The van der Waals surface area contributed by atoms with E-state index in [2.05, 4.69) is 29.4 Å². The summed E-state index contributed by atoms with van der Waals surface area (Å²) >= 11 is 1.27. The van der Waals surface area contributed by atoms with Gasteiger partial charge in [0, 0.05) is 6.42 Å². The average molecular weight is 370 g/mol. The molecule has 0 bridgehead atoms. The van der Waals surface area contributed by atoms with Crippen LogP contribution in [-0.2, 0) is 16.4 Å². The van der Waals surface area contributed by atoms with Crippen molar-refractivity contribution in [1.29, 1.82) is 0 Å². The van der Waals surface area contributed by atoms with Crippen LogP contribution >= 0.6 is 11.3 Å². The minimum atomic E-state index is -3.93. The van der Waals surface area contributed by atoms with E-state index in [1.165, 1.54) is 36.6 Å². The van der Waals surface area contributed by atoms with Crippen LogP contribution in [0.25, 0.3) is 0 Å². The van der Waals surface area contributed by atoms with Gasteiger partial charge >= 0.3 is 0 Å². The summed E-state index contributed by atoms with van der Waals surface area (Å²) in [6, 6.07) is 3.81. The van der Waals surface area contributed by atoms with Gasteiger partial charge in [0.25, 0.3) is 5.91 Å². The molecule has 3 N–H and O–H groups in total. The van der Waals surface area contributed by atoms with E-state index >= 15 is 0 Å². The third-order valence-electron chi connectivity index (χ3n) is 3.01. The molecule has 1 aromatic heterocycles. The number of anilines is 1. The summed E-state index contributed by atoms with van der Waals surface area (Å²) in [5.74, 6) is 0.101. The number of methoxy groups -OCH3 is 1. The van der Waals surface area contributed by atoms with Crippen LogP contribution in [0, 0.1) is 5.92 Å². The third kappa shape index (κ3) is 4.49. The van der Waals surface area contributed by atoms with E-state index in [-0.39, 0.29) is 16.2 Å². The van der Waals surface area contributed by atoms with Gasteiger partial charge in [0.1, 0.15) is 10.8 Å². The molecule has 10 heteroatoms. The highest BCUT2D eigenvalue weighted by atomic mass is 32.2. The van der Waals surface area contributed by atoms with E-state index in [0.29, 0.717) is 11.0 Å². The number of hydrogen-bond acceptors (Lipinski definition) is 7. The summed E-state index contributed by atoms with van der Waals surface area (Å²) in [5, 5.41) is 16.8. The van der Waals surface area contributed by atoms with E-state index in [1.807, 2.05) is 0 Å². The number of nitrogens with one attached hydrogen (secondary N) is 1. The Kier molecular flexibility index (Phi) is 5.52. The smallest absolute Gasteiger partial charge is 0.261 e. The molecule has 2 aromatic rings. The highest BCUT2D eigenvalue weighted by molar-refractivity contribution is 7.89. The maximum absolute atomic E-state index is 12.4. The maximum atomic E-state index is 12.4. The Balaban J connectivity index is 2.27. The number of carbonyl (C=O) groups is 1. The van der Waals surface area contributed by atoms with Crippen LogP contribution in [0.15, 0.2) is 23.1 Å². The first-order valence-electron chi connectivity index (χ1n) is 7.05. The summed E-state index contributed by atoms with van der Waals surface area (Å²) < 4.78 is 28.0. The Morgan fingerprint density at radius 1 is 1.38 bits per heavy atom. The number of carbonyl (C=O) groups excluding carboxylic acids is 1. The average Bonchev–Trinajstić information content (AvgIpc) is 2.91. The van der Waals surface area contributed by atoms with Crippen LogP contribution < -0.4 is 15.2 Å². The van der Waals surface area contributed by atoms with Crippen molar-refractivity contribution in [2.45, 2.75) is 25.2 Å². The molecule has 0 aliphatic carbocycles. The number of rotatable bonds is 6. The normalized spacial score (nSPS) is 11.5. The zero-order valence-electron chi connectivity index (χ0n) is 13.4. The largest absolute Gasteiger partial charge is 0.496 e. The number of sulfonamides is 1. The molecule has 0 radical (unpaired) electrons. The van der Waals surface area contributed by atoms with Gasteiger partial charge < -0.3 is 4.74 Å². The van der Waals surface area contributed by atoms with Gasteiger partial charge in [-0.15, -0.1) is 10.2 Å². The van der Waals surface area contributed by atoms with Crippen molar-refractivity contribution in [3.05, 3.63) is 28.8 Å². The van der Waals surface area contributed by atoms with Crippen molar-refractivity contribution in [3.63, 3.8) is 0 Å². The summed E-state index contributed by atoms with van der Waals surface area (Å²) in [6.07, 6.45) is 0.762. The third-order valence-corrected chi connectivity index (χ3v) is 4.79. The van der Waals surface area contributed by atoms with Crippen molar-refractivity contribution < 1.29 is 17.9 Å². The van der Waals surface area contributed by atoms with E-state index < -0.39 is 15.9 Å². The minimum absolute atomic E-state index is 0.0460. The second-order valence-corrected chi connectivity index (χ2v) is 8.08. The monoisotopic (exact) mass is 370 g/mol. The maximum Gasteiger partial charge on any atom is 0.261 e. The van der Waals surface area contributed by atoms with Gasteiger partial charge in [0.2, 0.25) is 15.2 Å². The fourth-order valence-corrected chi connectivity index (χ4v) is 3.43. The molecule has 0 atom stereocenters. The molecule has 0 saturated carbocycles. The highest BCUT2D eigenvalue weighted by Gasteiger charge is 2.19. The molecule has 0 aliphatic rings. The second-order valence-electron chi connectivity index (χ2n) is 5.46. The number of aromatic nitrogens is 2. The Morgan fingerprint density at radius 2 is 2.08 bits per heavy atom. The first-order chi connectivity index (χ1) is 11.2. The topological polar surface area (TPSA) is 124 Å². The standard InChI is InChI=1S/C14H18N4O4S2/c1-8(2)6-12-17-18-14(23-12)16-13(19)10-7-9(24(15,20)21)4-5-11(10)22-3/h4-5,7-8H,6H2,1-3H3,(H2,15,20,21)(H,16,18,19). The molecule has 0 unspecified atom stereocenters. The fraction of sp³-hybridized carbons (Fsp3) is 0.357. The number of nitrogens with two attached hydrogens (primary N) is 1. The highest BCUT2D eigenvalue weighted by Crippen LogP contribution is 2.24. The Labute approximate surface area is 144 Å². The van der Waals surface area contributed by atoms with Gasteiger partial charge in [-0.05, 0) is 24.1 Å². The molecule has 0 spiro atoms. The van der Waals surface area contributed by atoms with E-state index in [4.69, 9.17) is 9.88 Å². The lowest BCUT2D eigenvalue weighted by Gasteiger charge is -2.09. The molecule has 0 fully saturated rings. The Hall–Kier alpha value is -2.04.